The van der Waals surface area contributed by atoms with Crippen molar-refractivity contribution in [2.75, 3.05) is 33.4 Å². The van der Waals surface area contributed by atoms with E-state index in [1.807, 2.05) is 9.80 Å². The van der Waals surface area contributed by atoms with Crippen LogP contribution < -0.4 is 0 Å². The molecule has 17 heavy (non-hydrogen) atoms. The molecule has 1 aliphatic carbocycles. The summed E-state index contributed by atoms with van der Waals surface area (Å²) in [5, 5.41) is 0. The molecule has 4 nitrogen and oxygen atoms in total. The molecule has 1 heterocycles. The van der Waals surface area contributed by atoms with E-state index in [1.54, 1.807) is 7.11 Å². The number of carbonyl (C=O) groups excluding carboxylic acids is 1. The van der Waals surface area contributed by atoms with Gasteiger partial charge < -0.3 is 14.5 Å². The summed E-state index contributed by atoms with van der Waals surface area (Å²) in [4.78, 5) is 16.4. The molecule has 98 valence electrons. The third kappa shape index (κ3) is 3.35. The summed E-state index contributed by atoms with van der Waals surface area (Å²) in [7, 11) is 1.69. The van der Waals surface area contributed by atoms with Crippen molar-refractivity contribution in [2.45, 2.75) is 38.6 Å². The highest BCUT2D eigenvalue weighted by atomic mass is 16.5. The monoisotopic (exact) mass is 240 g/mol. The van der Waals surface area contributed by atoms with Gasteiger partial charge in [0.1, 0.15) is 0 Å². The molecule has 0 aromatic rings. The molecule has 0 atom stereocenters. The number of hydrogen-bond acceptors (Lipinski definition) is 2. The Bertz CT molecular complexity index is 258. The smallest absolute Gasteiger partial charge is 0.320 e. The van der Waals surface area contributed by atoms with Crippen LogP contribution in [0.15, 0.2) is 0 Å². The third-order valence-electron chi connectivity index (χ3n) is 3.82. The van der Waals surface area contributed by atoms with Crippen LogP contribution in [-0.2, 0) is 4.74 Å². The maximum Gasteiger partial charge on any atom is 0.320 e. The Morgan fingerprint density at radius 1 is 1.29 bits per heavy atom. The van der Waals surface area contributed by atoms with E-state index in [0.29, 0.717) is 12.6 Å². The predicted molar refractivity (Wildman–Crippen MR) is 67.0 cm³/mol. The van der Waals surface area contributed by atoms with Crippen LogP contribution in [0.2, 0.25) is 0 Å². The normalized spacial score (nSPS) is 21.6. The first kappa shape index (κ1) is 12.7. The molecular weight excluding hydrogens is 216 g/mol. The molecule has 0 aromatic carbocycles. The Labute approximate surface area is 104 Å². The number of rotatable bonds is 4. The lowest BCUT2D eigenvalue weighted by atomic mass is 9.99. The van der Waals surface area contributed by atoms with Crippen molar-refractivity contribution in [1.29, 1.82) is 0 Å². The van der Waals surface area contributed by atoms with Crippen LogP contribution in [0.4, 0.5) is 4.79 Å². The third-order valence-corrected chi connectivity index (χ3v) is 3.82. The van der Waals surface area contributed by atoms with E-state index in [4.69, 9.17) is 4.74 Å². The van der Waals surface area contributed by atoms with Crippen molar-refractivity contribution < 1.29 is 9.53 Å². The summed E-state index contributed by atoms with van der Waals surface area (Å²) in [6.07, 6.45) is 4.63. The second kappa shape index (κ2) is 5.71. The van der Waals surface area contributed by atoms with Gasteiger partial charge in [-0.25, -0.2) is 4.79 Å². The van der Waals surface area contributed by atoms with Crippen molar-refractivity contribution >= 4 is 6.03 Å². The molecule has 2 aliphatic rings. The van der Waals surface area contributed by atoms with Crippen LogP contribution in [0, 0.1) is 5.92 Å². The number of amides is 2. The van der Waals surface area contributed by atoms with E-state index in [9.17, 15) is 4.79 Å². The van der Waals surface area contributed by atoms with Crippen molar-refractivity contribution in [3.63, 3.8) is 0 Å². The SMILES string of the molecule is COCCN(C(=O)N1CCC(C)CC1)C1CC1. The molecule has 1 saturated carbocycles. The van der Waals surface area contributed by atoms with Gasteiger partial charge in [0.25, 0.3) is 0 Å². The quantitative estimate of drug-likeness (QED) is 0.752. The van der Waals surface area contributed by atoms with E-state index < -0.39 is 0 Å². The average molecular weight is 240 g/mol. The maximum atomic E-state index is 12.4. The van der Waals surface area contributed by atoms with Crippen LogP contribution in [0.5, 0.6) is 0 Å². The summed E-state index contributed by atoms with van der Waals surface area (Å²) < 4.78 is 5.09. The van der Waals surface area contributed by atoms with Gasteiger partial charge in [-0.3, -0.25) is 0 Å². The van der Waals surface area contributed by atoms with E-state index >= 15 is 0 Å². The van der Waals surface area contributed by atoms with E-state index in [-0.39, 0.29) is 6.03 Å². The zero-order chi connectivity index (χ0) is 12.3. The average Bonchev–Trinajstić information content (AvgIpc) is 3.14. The molecule has 0 radical (unpaired) electrons. The molecule has 0 unspecified atom stereocenters. The van der Waals surface area contributed by atoms with Crippen molar-refractivity contribution in [3.05, 3.63) is 0 Å². The summed E-state index contributed by atoms with van der Waals surface area (Å²) in [6.45, 7) is 5.51. The molecule has 0 aromatic heterocycles. The number of likely N-dealkylation sites (tertiary alicyclic amines) is 1. The van der Waals surface area contributed by atoms with Gasteiger partial charge in [0.05, 0.1) is 6.61 Å². The highest BCUT2D eigenvalue weighted by Gasteiger charge is 2.35. The largest absolute Gasteiger partial charge is 0.383 e. The molecule has 2 fully saturated rings. The lowest BCUT2D eigenvalue weighted by molar-refractivity contribution is 0.111. The van der Waals surface area contributed by atoms with Crippen molar-refractivity contribution in [2.24, 2.45) is 5.92 Å². The zero-order valence-corrected chi connectivity index (χ0v) is 11.0. The van der Waals surface area contributed by atoms with Gasteiger partial charge in [0.2, 0.25) is 0 Å². The zero-order valence-electron chi connectivity index (χ0n) is 11.0. The first-order valence-corrected chi connectivity index (χ1v) is 6.77. The Hall–Kier alpha value is -0.770. The molecular formula is C13H24N2O2. The fraction of sp³-hybridized carbons (Fsp3) is 0.923. The molecule has 2 amide bonds. The Kier molecular flexibility index (Phi) is 4.26. The maximum absolute atomic E-state index is 12.4. The first-order valence-electron chi connectivity index (χ1n) is 6.77. The highest BCUT2D eigenvalue weighted by Crippen LogP contribution is 2.28. The standard InChI is InChI=1S/C13H24N2O2/c1-11-5-7-14(8-6-11)13(16)15(9-10-17-2)12-3-4-12/h11-12H,3-10H2,1-2H3. The summed E-state index contributed by atoms with van der Waals surface area (Å²) in [5.74, 6) is 0.771. The van der Waals surface area contributed by atoms with E-state index in [0.717, 1.165) is 38.4 Å². The van der Waals surface area contributed by atoms with Gasteiger partial charge in [0, 0.05) is 32.8 Å². The fourth-order valence-corrected chi connectivity index (χ4v) is 2.39. The summed E-state index contributed by atoms with van der Waals surface area (Å²) >= 11 is 0. The lowest BCUT2D eigenvalue weighted by Crippen LogP contribution is -2.48. The number of methoxy groups -OCH3 is 1. The molecule has 2 rings (SSSR count). The second-order valence-electron chi connectivity index (χ2n) is 5.37. The lowest BCUT2D eigenvalue weighted by Gasteiger charge is -2.35. The van der Waals surface area contributed by atoms with Gasteiger partial charge in [-0.1, -0.05) is 6.92 Å². The van der Waals surface area contributed by atoms with Crippen LogP contribution in [0.1, 0.15) is 32.6 Å². The number of urea groups is 1. The number of piperidine rings is 1. The number of ether oxygens (including phenoxy) is 1. The predicted octanol–water partition coefficient (Wildman–Crippen LogP) is 1.95. The molecule has 1 aliphatic heterocycles. The number of hydrogen-bond donors (Lipinski definition) is 0. The molecule has 0 bridgehead atoms. The molecule has 0 N–H and O–H groups in total. The van der Waals surface area contributed by atoms with Gasteiger partial charge in [-0.15, -0.1) is 0 Å². The molecule has 1 saturated heterocycles. The molecule has 4 heteroatoms. The van der Waals surface area contributed by atoms with Gasteiger partial charge in [0.15, 0.2) is 0 Å². The van der Waals surface area contributed by atoms with E-state index in [1.165, 1.54) is 12.8 Å². The van der Waals surface area contributed by atoms with Crippen LogP contribution in [0.3, 0.4) is 0 Å². The van der Waals surface area contributed by atoms with E-state index in [2.05, 4.69) is 6.92 Å². The first-order chi connectivity index (χ1) is 8.22. The summed E-state index contributed by atoms with van der Waals surface area (Å²) in [6, 6.07) is 0.716. The topological polar surface area (TPSA) is 32.8 Å². The minimum absolute atomic E-state index is 0.233. The fourth-order valence-electron chi connectivity index (χ4n) is 2.39. The van der Waals surface area contributed by atoms with Gasteiger partial charge in [-0.05, 0) is 31.6 Å². The number of carbonyl (C=O) groups is 1. The van der Waals surface area contributed by atoms with Crippen molar-refractivity contribution in [3.8, 4) is 0 Å². The van der Waals surface area contributed by atoms with Crippen molar-refractivity contribution in [1.82, 2.24) is 9.80 Å². The van der Waals surface area contributed by atoms with Gasteiger partial charge in [-0.2, -0.15) is 0 Å². The van der Waals surface area contributed by atoms with Crippen LogP contribution >= 0.6 is 0 Å². The molecule has 0 spiro atoms. The summed E-state index contributed by atoms with van der Waals surface area (Å²) in [5.41, 5.74) is 0. The minimum atomic E-state index is 0.233. The van der Waals surface area contributed by atoms with Gasteiger partial charge >= 0.3 is 6.03 Å². The Morgan fingerprint density at radius 2 is 1.94 bits per heavy atom. The highest BCUT2D eigenvalue weighted by molar-refractivity contribution is 5.75. The second-order valence-corrected chi connectivity index (χ2v) is 5.37. The van der Waals surface area contributed by atoms with Crippen LogP contribution in [-0.4, -0.2) is 55.2 Å². The Morgan fingerprint density at radius 3 is 2.47 bits per heavy atom. The Balaban J connectivity index is 1.86. The minimum Gasteiger partial charge on any atom is -0.383 e. The van der Waals surface area contributed by atoms with Crippen LogP contribution in [0.25, 0.3) is 0 Å². The number of nitrogens with zero attached hydrogens (tertiary/aromatic N) is 2.